The third-order valence-corrected chi connectivity index (χ3v) is 4.00. The molecular weight excluding hydrogens is 276 g/mol. The van der Waals surface area contributed by atoms with Crippen molar-refractivity contribution in [1.29, 1.82) is 0 Å². The number of nitrogens with two attached hydrogens (primary N) is 1. The molecule has 3 rings (SSSR count). The Bertz CT molecular complexity index is 691. The Hall–Kier alpha value is -1.78. The van der Waals surface area contributed by atoms with E-state index in [4.69, 9.17) is 21.8 Å². The first kappa shape index (κ1) is 13.2. The van der Waals surface area contributed by atoms with Crippen molar-refractivity contribution in [2.75, 3.05) is 5.32 Å². The van der Waals surface area contributed by atoms with Gasteiger partial charge in [0, 0.05) is 5.69 Å². The number of nitrogens with one attached hydrogen (secondary N) is 1. The van der Waals surface area contributed by atoms with Crippen LogP contribution in [0.1, 0.15) is 36.8 Å². The molecule has 0 spiro atoms. The van der Waals surface area contributed by atoms with E-state index >= 15 is 0 Å². The van der Waals surface area contributed by atoms with E-state index in [1.807, 2.05) is 32.0 Å². The van der Waals surface area contributed by atoms with Crippen molar-refractivity contribution in [2.45, 2.75) is 25.3 Å². The average molecular weight is 291 g/mol. The molecule has 0 saturated heterocycles. The molecule has 2 heterocycles. The van der Waals surface area contributed by atoms with Crippen LogP contribution in [-0.4, -0.2) is 5.91 Å². The number of rotatable bonds is 2. The van der Waals surface area contributed by atoms with Gasteiger partial charge in [0.25, 0.3) is 0 Å². The van der Waals surface area contributed by atoms with Gasteiger partial charge in [-0.25, -0.2) is 0 Å². The highest BCUT2D eigenvalue weighted by Gasteiger charge is 2.38. The molecular formula is C15H15ClN2O2. The SMILES string of the molecule is CC1(C)C(=O)Nc2ccc(C(N)c3ccc(Cl)o3)cc21. The standard InChI is InChI=1S/C15H15ClN2O2/c1-15(2)9-7-8(3-4-10(9)18-14(15)19)13(17)11-5-6-12(16)20-11/h3-7,13H,17H2,1-2H3,(H,18,19). The minimum absolute atomic E-state index is 0.000681. The number of benzene rings is 1. The third kappa shape index (κ3) is 1.92. The second-order valence-corrected chi connectivity index (χ2v) is 5.88. The molecule has 1 atom stereocenters. The predicted molar refractivity (Wildman–Crippen MR) is 77.8 cm³/mol. The first-order chi connectivity index (χ1) is 9.39. The molecule has 1 aliphatic rings. The molecule has 4 nitrogen and oxygen atoms in total. The fraction of sp³-hybridized carbons (Fsp3) is 0.267. The summed E-state index contributed by atoms with van der Waals surface area (Å²) in [6.45, 7) is 3.79. The third-order valence-electron chi connectivity index (χ3n) is 3.79. The summed E-state index contributed by atoms with van der Waals surface area (Å²) >= 11 is 5.77. The maximum atomic E-state index is 11.9. The minimum atomic E-state index is -0.550. The zero-order chi connectivity index (χ0) is 14.5. The van der Waals surface area contributed by atoms with Gasteiger partial charge in [-0.1, -0.05) is 12.1 Å². The van der Waals surface area contributed by atoms with Gasteiger partial charge in [-0.15, -0.1) is 0 Å². The van der Waals surface area contributed by atoms with Gasteiger partial charge < -0.3 is 15.5 Å². The molecule has 1 unspecified atom stereocenters. The number of anilines is 1. The Morgan fingerprint density at radius 1 is 1.30 bits per heavy atom. The Kier molecular flexibility index (Phi) is 2.88. The Labute approximate surface area is 121 Å². The lowest BCUT2D eigenvalue weighted by Crippen LogP contribution is -2.27. The van der Waals surface area contributed by atoms with Crippen LogP contribution in [0.3, 0.4) is 0 Å². The van der Waals surface area contributed by atoms with E-state index in [2.05, 4.69) is 5.32 Å². The van der Waals surface area contributed by atoms with E-state index in [0.717, 1.165) is 16.8 Å². The maximum absolute atomic E-state index is 11.9. The van der Waals surface area contributed by atoms with Gasteiger partial charge in [0.05, 0.1) is 11.5 Å². The molecule has 0 fully saturated rings. The molecule has 0 radical (unpaired) electrons. The van der Waals surface area contributed by atoms with Gasteiger partial charge in [0.15, 0.2) is 5.22 Å². The smallest absolute Gasteiger partial charge is 0.234 e. The van der Waals surface area contributed by atoms with Crippen LogP contribution < -0.4 is 11.1 Å². The van der Waals surface area contributed by atoms with Crippen LogP contribution >= 0.6 is 11.6 Å². The van der Waals surface area contributed by atoms with Gasteiger partial charge >= 0.3 is 0 Å². The highest BCUT2D eigenvalue weighted by molar-refractivity contribution is 6.28. The van der Waals surface area contributed by atoms with Crippen LogP contribution in [0, 0.1) is 0 Å². The number of amides is 1. The number of carbonyl (C=O) groups excluding carboxylic acids is 1. The predicted octanol–water partition coefficient (Wildman–Crippen LogP) is 3.21. The molecule has 0 saturated carbocycles. The number of carbonyl (C=O) groups is 1. The van der Waals surface area contributed by atoms with E-state index < -0.39 is 11.5 Å². The first-order valence-electron chi connectivity index (χ1n) is 6.36. The summed E-state index contributed by atoms with van der Waals surface area (Å²) in [5.74, 6) is 0.601. The van der Waals surface area contributed by atoms with E-state index in [1.165, 1.54) is 0 Å². The maximum Gasteiger partial charge on any atom is 0.234 e. The fourth-order valence-corrected chi connectivity index (χ4v) is 2.59. The van der Waals surface area contributed by atoms with E-state index in [0.29, 0.717) is 11.0 Å². The van der Waals surface area contributed by atoms with E-state index in [9.17, 15) is 4.79 Å². The molecule has 3 N–H and O–H groups in total. The fourth-order valence-electron chi connectivity index (χ4n) is 2.44. The number of fused-ring (bicyclic) bond motifs is 1. The van der Waals surface area contributed by atoms with Crippen LogP contribution in [0.15, 0.2) is 34.7 Å². The quantitative estimate of drug-likeness (QED) is 0.892. The lowest BCUT2D eigenvalue weighted by atomic mass is 9.84. The topological polar surface area (TPSA) is 68.3 Å². The van der Waals surface area contributed by atoms with Gasteiger partial charge in [0.1, 0.15) is 5.76 Å². The van der Waals surface area contributed by atoms with E-state index in [-0.39, 0.29) is 5.91 Å². The molecule has 0 bridgehead atoms. The molecule has 20 heavy (non-hydrogen) atoms. The molecule has 1 aromatic heterocycles. The summed E-state index contributed by atoms with van der Waals surface area (Å²) < 4.78 is 5.35. The molecule has 2 aromatic rings. The number of halogens is 1. The van der Waals surface area contributed by atoms with Crippen molar-refractivity contribution in [1.82, 2.24) is 0 Å². The zero-order valence-electron chi connectivity index (χ0n) is 11.2. The van der Waals surface area contributed by atoms with Crippen molar-refractivity contribution < 1.29 is 9.21 Å². The monoisotopic (exact) mass is 290 g/mol. The lowest BCUT2D eigenvalue weighted by Gasteiger charge is -2.17. The summed E-state index contributed by atoms with van der Waals surface area (Å²) in [6, 6.07) is 8.74. The molecule has 104 valence electrons. The Morgan fingerprint density at radius 2 is 2.05 bits per heavy atom. The molecule has 0 aliphatic carbocycles. The van der Waals surface area contributed by atoms with Crippen LogP contribution in [0.2, 0.25) is 5.22 Å². The summed E-state index contributed by atoms with van der Waals surface area (Å²) in [5, 5.41) is 3.19. The van der Waals surface area contributed by atoms with Crippen molar-refractivity contribution in [3.8, 4) is 0 Å². The van der Waals surface area contributed by atoms with Gasteiger partial charge in [-0.2, -0.15) is 0 Å². The zero-order valence-corrected chi connectivity index (χ0v) is 12.0. The van der Waals surface area contributed by atoms with Crippen molar-refractivity contribution in [3.05, 3.63) is 52.4 Å². The van der Waals surface area contributed by atoms with Crippen LogP contribution in [0.25, 0.3) is 0 Å². The van der Waals surface area contributed by atoms with Crippen molar-refractivity contribution >= 4 is 23.2 Å². The second kappa shape index (κ2) is 4.36. The van der Waals surface area contributed by atoms with E-state index in [1.54, 1.807) is 12.1 Å². The van der Waals surface area contributed by atoms with Gasteiger partial charge in [0.2, 0.25) is 5.91 Å². The van der Waals surface area contributed by atoms with Crippen molar-refractivity contribution in [2.24, 2.45) is 5.73 Å². The van der Waals surface area contributed by atoms with Gasteiger partial charge in [-0.05, 0) is 54.8 Å². The van der Waals surface area contributed by atoms with Crippen LogP contribution in [-0.2, 0) is 10.2 Å². The number of hydrogen-bond acceptors (Lipinski definition) is 3. The Balaban J connectivity index is 2.02. The summed E-state index contributed by atoms with van der Waals surface area (Å²) in [4.78, 5) is 11.9. The normalized spacial score (nSPS) is 17.7. The molecule has 5 heteroatoms. The molecule has 1 aromatic carbocycles. The van der Waals surface area contributed by atoms with Crippen LogP contribution in [0.5, 0.6) is 0 Å². The lowest BCUT2D eigenvalue weighted by molar-refractivity contribution is -0.119. The van der Waals surface area contributed by atoms with Gasteiger partial charge in [-0.3, -0.25) is 4.79 Å². The number of furan rings is 1. The molecule has 1 amide bonds. The first-order valence-corrected chi connectivity index (χ1v) is 6.74. The summed E-state index contributed by atoms with van der Waals surface area (Å²) in [5.41, 5.74) is 8.32. The highest BCUT2D eigenvalue weighted by Crippen LogP contribution is 2.39. The minimum Gasteiger partial charge on any atom is -0.448 e. The molecule has 1 aliphatic heterocycles. The van der Waals surface area contributed by atoms with Crippen LogP contribution in [0.4, 0.5) is 5.69 Å². The highest BCUT2D eigenvalue weighted by atomic mass is 35.5. The largest absolute Gasteiger partial charge is 0.448 e. The average Bonchev–Trinajstić information content (AvgIpc) is 2.92. The number of hydrogen-bond donors (Lipinski definition) is 2. The Morgan fingerprint density at radius 3 is 2.70 bits per heavy atom. The second-order valence-electron chi connectivity index (χ2n) is 5.50. The van der Waals surface area contributed by atoms with Crippen molar-refractivity contribution in [3.63, 3.8) is 0 Å². The summed E-state index contributed by atoms with van der Waals surface area (Å²) in [6.07, 6.45) is 0. The summed E-state index contributed by atoms with van der Waals surface area (Å²) in [7, 11) is 0.